The van der Waals surface area contributed by atoms with E-state index in [2.05, 4.69) is 35.1 Å². The second-order valence-corrected chi connectivity index (χ2v) is 7.27. The summed E-state index contributed by atoms with van der Waals surface area (Å²) >= 11 is 3.50. The molecule has 2 heterocycles. The van der Waals surface area contributed by atoms with Gasteiger partial charge in [0.05, 0.1) is 11.4 Å². The van der Waals surface area contributed by atoms with Crippen molar-refractivity contribution in [3.05, 3.63) is 54.3 Å². The first-order chi connectivity index (χ1) is 11.3. The molecule has 0 atom stereocenters. The summed E-state index contributed by atoms with van der Waals surface area (Å²) in [5.41, 5.74) is 4.18. The molecular formula is C18H15FN2S2. The van der Waals surface area contributed by atoms with Crippen molar-refractivity contribution in [1.29, 1.82) is 0 Å². The maximum Gasteiger partial charge on any atom is 0.169 e. The number of thioether (sulfide) groups is 2. The van der Waals surface area contributed by atoms with Gasteiger partial charge in [0, 0.05) is 28.3 Å². The Bertz CT molecular complexity index is 839. The third-order valence-electron chi connectivity index (χ3n) is 3.96. The molecule has 0 radical (unpaired) electrons. The van der Waals surface area contributed by atoms with Gasteiger partial charge in [-0.05, 0) is 42.7 Å². The van der Waals surface area contributed by atoms with E-state index in [1.165, 1.54) is 17.0 Å². The van der Waals surface area contributed by atoms with Gasteiger partial charge < -0.3 is 4.57 Å². The molecule has 0 fully saturated rings. The van der Waals surface area contributed by atoms with Crippen LogP contribution in [-0.2, 0) is 6.54 Å². The number of halogens is 1. The first-order valence-corrected chi connectivity index (χ1v) is 9.61. The predicted molar refractivity (Wildman–Crippen MR) is 95.6 cm³/mol. The van der Waals surface area contributed by atoms with Crippen LogP contribution in [0, 0.1) is 5.82 Å². The Balaban J connectivity index is 1.88. The highest BCUT2D eigenvalue weighted by molar-refractivity contribution is 7.99. The summed E-state index contributed by atoms with van der Waals surface area (Å²) in [7, 11) is 0. The van der Waals surface area contributed by atoms with E-state index in [9.17, 15) is 4.39 Å². The maximum absolute atomic E-state index is 13.3. The van der Waals surface area contributed by atoms with Gasteiger partial charge in [0.15, 0.2) is 5.16 Å². The molecule has 4 rings (SSSR count). The summed E-state index contributed by atoms with van der Waals surface area (Å²) in [4.78, 5) is 6.08. The normalized spacial score (nSPS) is 13.3. The quantitative estimate of drug-likeness (QED) is 0.611. The Hall–Kier alpha value is -1.72. The number of imidazole rings is 1. The largest absolute Gasteiger partial charge is 0.318 e. The van der Waals surface area contributed by atoms with Gasteiger partial charge in [0.1, 0.15) is 5.82 Å². The zero-order valence-electron chi connectivity index (χ0n) is 12.6. The van der Waals surface area contributed by atoms with E-state index >= 15 is 0 Å². The van der Waals surface area contributed by atoms with E-state index in [-0.39, 0.29) is 5.82 Å². The lowest BCUT2D eigenvalue weighted by atomic mass is 10.0. The van der Waals surface area contributed by atoms with Crippen molar-refractivity contribution >= 4 is 23.5 Å². The van der Waals surface area contributed by atoms with E-state index in [1.54, 1.807) is 23.5 Å². The van der Waals surface area contributed by atoms with Crippen LogP contribution in [0.25, 0.3) is 22.5 Å². The lowest BCUT2D eigenvalue weighted by Gasteiger charge is -2.08. The van der Waals surface area contributed by atoms with E-state index in [4.69, 9.17) is 4.98 Å². The van der Waals surface area contributed by atoms with Gasteiger partial charge in [0.25, 0.3) is 0 Å². The fraction of sp³-hybridized carbons (Fsp3) is 0.167. The molecule has 116 valence electrons. The monoisotopic (exact) mass is 342 g/mol. The molecular weight excluding hydrogens is 327 g/mol. The zero-order chi connectivity index (χ0) is 15.8. The molecule has 2 nitrogen and oxygen atoms in total. The molecule has 0 aliphatic carbocycles. The molecule has 0 saturated heterocycles. The summed E-state index contributed by atoms with van der Waals surface area (Å²) < 4.78 is 15.5. The number of aromatic nitrogens is 2. The van der Waals surface area contributed by atoms with Gasteiger partial charge in [0.2, 0.25) is 0 Å². The first-order valence-electron chi connectivity index (χ1n) is 7.40. The SMILES string of the molecule is CSc1ccc(-c2nc3n(c2-c2ccc(F)cc2)CCS3)cc1. The van der Waals surface area contributed by atoms with Gasteiger partial charge in [-0.15, -0.1) is 11.8 Å². The fourth-order valence-corrected chi connectivity index (χ4v) is 4.19. The molecule has 1 aromatic heterocycles. The molecule has 0 unspecified atom stereocenters. The van der Waals surface area contributed by atoms with Gasteiger partial charge in [-0.1, -0.05) is 23.9 Å². The predicted octanol–water partition coefficient (Wildman–Crippen LogP) is 5.18. The van der Waals surface area contributed by atoms with Crippen LogP contribution in [0.5, 0.6) is 0 Å². The average molecular weight is 342 g/mol. The lowest BCUT2D eigenvalue weighted by Crippen LogP contribution is -1.97. The second kappa shape index (κ2) is 6.06. The third-order valence-corrected chi connectivity index (χ3v) is 5.66. The van der Waals surface area contributed by atoms with Gasteiger partial charge in [-0.2, -0.15) is 0 Å². The van der Waals surface area contributed by atoms with Gasteiger partial charge in [-0.25, -0.2) is 9.37 Å². The Morgan fingerprint density at radius 2 is 1.74 bits per heavy atom. The number of hydrogen-bond donors (Lipinski definition) is 0. The smallest absolute Gasteiger partial charge is 0.169 e. The highest BCUT2D eigenvalue weighted by Crippen LogP contribution is 2.39. The molecule has 1 aliphatic rings. The number of benzene rings is 2. The standard InChI is InChI=1S/C18H15FN2S2/c1-22-15-8-4-12(5-9-15)16-17(13-2-6-14(19)7-3-13)21-10-11-23-18(21)20-16/h2-9H,10-11H2,1H3. The maximum atomic E-state index is 13.3. The van der Waals surface area contributed by atoms with Crippen LogP contribution in [0.2, 0.25) is 0 Å². The van der Waals surface area contributed by atoms with Crippen molar-refractivity contribution in [2.75, 3.05) is 12.0 Å². The zero-order valence-corrected chi connectivity index (χ0v) is 14.3. The fourth-order valence-electron chi connectivity index (χ4n) is 2.83. The number of rotatable bonds is 3. The summed E-state index contributed by atoms with van der Waals surface area (Å²) in [6.45, 7) is 0.947. The van der Waals surface area contributed by atoms with Crippen LogP contribution < -0.4 is 0 Å². The van der Waals surface area contributed by atoms with Crippen LogP contribution in [0.1, 0.15) is 0 Å². The molecule has 23 heavy (non-hydrogen) atoms. The second-order valence-electron chi connectivity index (χ2n) is 5.33. The topological polar surface area (TPSA) is 17.8 Å². The minimum Gasteiger partial charge on any atom is -0.318 e. The summed E-state index contributed by atoms with van der Waals surface area (Å²) in [5, 5.41) is 1.05. The minimum absolute atomic E-state index is 0.213. The summed E-state index contributed by atoms with van der Waals surface area (Å²) in [6, 6.07) is 15.2. The molecule has 0 spiro atoms. The van der Waals surface area contributed by atoms with Crippen molar-refractivity contribution in [1.82, 2.24) is 9.55 Å². The summed E-state index contributed by atoms with van der Waals surface area (Å²) in [5.74, 6) is 0.831. The molecule has 2 aromatic carbocycles. The van der Waals surface area contributed by atoms with Crippen molar-refractivity contribution in [2.45, 2.75) is 16.6 Å². The summed E-state index contributed by atoms with van der Waals surface area (Å²) in [6.07, 6.45) is 2.07. The molecule has 0 saturated carbocycles. The van der Waals surface area contributed by atoms with Crippen molar-refractivity contribution in [3.63, 3.8) is 0 Å². The van der Waals surface area contributed by atoms with E-state index in [0.717, 1.165) is 40.0 Å². The molecule has 0 amide bonds. The Morgan fingerprint density at radius 1 is 1.04 bits per heavy atom. The van der Waals surface area contributed by atoms with Crippen LogP contribution in [0.15, 0.2) is 58.6 Å². The number of nitrogens with zero attached hydrogens (tertiary/aromatic N) is 2. The van der Waals surface area contributed by atoms with Crippen LogP contribution in [0.4, 0.5) is 4.39 Å². The Labute approximate surface area is 143 Å². The molecule has 5 heteroatoms. The Morgan fingerprint density at radius 3 is 2.43 bits per heavy atom. The highest BCUT2D eigenvalue weighted by atomic mass is 32.2. The average Bonchev–Trinajstić information content (AvgIpc) is 3.17. The molecule has 3 aromatic rings. The number of hydrogen-bond acceptors (Lipinski definition) is 3. The van der Waals surface area contributed by atoms with E-state index in [1.807, 2.05) is 12.1 Å². The lowest BCUT2D eigenvalue weighted by molar-refractivity contribution is 0.628. The van der Waals surface area contributed by atoms with E-state index in [0.29, 0.717) is 0 Å². The number of fused-ring (bicyclic) bond motifs is 1. The van der Waals surface area contributed by atoms with Gasteiger partial charge in [-0.3, -0.25) is 0 Å². The molecule has 1 aliphatic heterocycles. The Kier molecular flexibility index (Phi) is 3.91. The van der Waals surface area contributed by atoms with Gasteiger partial charge >= 0.3 is 0 Å². The minimum atomic E-state index is -0.213. The molecule has 0 N–H and O–H groups in total. The van der Waals surface area contributed by atoms with Crippen LogP contribution in [-0.4, -0.2) is 21.6 Å². The first kappa shape index (κ1) is 14.8. The van der Waals surface area contributed by atoms with Crippen molar-refractivity contribution in [2.24, 2.45) is 0 Å². The van der Waals surface area contributed by atoms with Crippen LogP contribution in [0.3, 0.4) is 0 Å². The van der Waals surface area contributed by atoms with Crippen LogP contribution >= 0.6 is 23.5 Å². The van der Waals surface area contributed by atoms with Crippen molar-refractivity contribution < 1.29 is 4.39 Å². The van der Waals surface area contributed by atoms with Crippen molar-refractivity contribution in [3.8, 4) is 22.5 Å². The highest BCUT2D eigenvalue weighted by Gasteiger charge is 2.23. The molecule has 0 bridgehead atoms. The van der Waals surface area contributed by atoms with E-state index < -0.39 is 0 Å². The third kappa shape index (κ3) is 2.68.